The zero-order chi connectivity index (χ0) is 20.9. The van der Waals surface area contributed by atoms with Crippen molar-refractivity contribution in [1.82, 2.24) is 15.3 Å². The van der Waals surface area contributed by atoms with Crippen molar-refractivity contribution in [2.24, 2.45) is 5.41 Å². The molecule has 0 atom stereocenters. The Morgan fingerprint density at radius 1 is 1.03 bits per heavy atom. The third-order valence-corrected chi connectivity index (χ3v) is 6.75. The Morgan fingerprint density at radius 3 is 2.33 bits per heavy atom. The highest BCUT2D eigenvalue weighted by Gasteiger charge is 2.48. The van der Waals surface area contributed by atoms with E-state index in [-0.39, 0.29) is 0 Å². The molecule has 1 saturated carbocycles. The molecular formula is C24H28N4O2. The van der Waals surface area contributed by atoms with Crippen LogP contribution in [0.4, 0.5) is 5.95 Å². The Labute approximate surface area is 177 Å². The summed E-state index contributed by atoms with van der Waals surface area (Å²) >= 11 is 0. The first-order valence-electron chi connectivity index (χ1n) is 10.5. The van der Waals surface area contributed by atoms with Crippen LogP contribution in [0.3, 0.4) is 0 Å². The molecule has 2 fully saturated rings. The fourth-order valence-electron chi connectivity index (χ4n) is 5.02. The highest BCUT2D eigenvalue weighted by atomic mass is 16.5. The van der Waals surface area contributed by atoms with E-state index in [1.807, 2.05) is 12.3 Å². The quantitative estimate of drug-likeness (QED) is 0.667. The van der Waals surface area contributed by atoms with Crippen molar-refractivity contribution in [2.75, 3.05) is 32.6 Å². The number of anilines is 1. The molecule has 156 valence electrons. The third kappa shape index (κ3) is 3.06. The van der Waals surface area contributed by atoms with Crippen molar-refractivity contribution < 1.29 is 9.47 Å². The number of methoxy groups -OCH3 is 2. The molecule has 1 saturated heterocycles. The second kappa shape index (κ2) is 7.13. The Bertz CT molecular complexity index is 1090. The van der Waals surface area contributed by atoms with Crippen LogP contribution in [0, 0.1) is 19.3 Å². The number of aromatic nitrogens is 2. The first-order valence-corrected chi connectivity index (χ1v) is 10.5. The van der Waals surface area contributed by atoms with Gasteiger partial charge in [0.15, 0.2) is 0 Å². The maximum atomic E-state index is 5.57. The average Bonchev–Trinajstić information content (AvgIpc) is 2.69. The Hall–Kier alpha value is -2.86. The number of hydrogen-bond donors (Lipinski definition) is 2. The summed E-state index contributed by atoms with van der Waals surface area (Å²) in [5.41, 5.74) is 5.91. The lowest BCUT2D eigenvalue weighted by Gasteiger charge is -2.54. The van der Waals surface area contributed by atoms with E-state index in [1.54, 1.807) is 14.2 Å². The van der Waals surface area contributed by atoms with Gasteiger partial charge in [-0.3, -0.25) is 0 Å². The van der Waals surface area contributed by atoms with Crippen LogP contribution in [0.15, 0.2) is 30.5 Å². The van der Waals surface area contributed by atoms with Crippen molar-refractivity contribution in [3.05, 3.63) is 41.6 Å². The fraction of sp³-hybridized carbons (Fsp3) is 0.417. The molecular weight excluding hydrogens is 376 g/mol. The topological polar surface area (TPSA) is 68.3 Å². The molecule has 0 amide bonds. The van der Waals surface area contributed by atoms with Gasteiger partial charge in [0.1, 0.15) is 11.5 Å². The van der Waals surface area contributed by atoms with Gasteiger partial charge in [-0.1, -0.05) is 6.07 Å². The maximum Gasteiger partial charge on any atom is 0.223 e. The molecule has 0 bridgehead atoms. The van der Waals surface area contributed by atoms with Crippen molar-refractivity contribution in [1.29, 1.82) is 0 Å². The van der Waals surface area contributed by atoms with Crippen molar-refractivity contribution in [3.63, 3.8) is 0 Å². The van der Waals surface area contributed by atoms with Gasteiger partial charge in [0, 0.05) is 36.8 Å². The van der Waals surface area contributed by atoms with Gasteiger partial charge in [-0.25, -0.2) is 9.97 Å². The normalized spacial score (nSPS) is 17.5. The van der Waals surface area contributed by atoms with Crippen LogP contribution >= 0.6 is 0 Å². The summed E-state index contributed by atoms with van der Waals surface area (Å²) in [6.07, 6.45) is 4.32. The lowest BCUT2D eigenvalue weighted by Crippen LogP contribution is -2.63. The molecule has 1 spiro atoms. The smallest absolute Gasteiger partial charge is 0.223 e. The van der Waals surface area contributed by atoms with E-state index in [9.17, 15) is 0 Å². The Kier molecular flexibility index (Phi) is 4.54. The number of hydrogen-bond acceptors (Lipinski definition) is 6. The van der Waals surface area contributed by atoms with Crippen LogP contribution in [0.25, 0.3) is 22.0 Å². The predicted octanol–water partition coefficient (Wildman–Crippen LogP) is 4.09. The molecule has 2 N–H and O–H groups in total. The van der Waals surface area contributed by atoms with Gasteiger partial charge in [-0.05, 0) is 66.5 Å². The third-order valence-electron chi connectivity index (χ3n) is 6.75. The minimum atomic E-state index is 0.485. The van der Waals surface area contributed by atoms with Gasteiger partial charge >= 0.3 is 0 Å². The molecule has 6 nitrogen and oxygen atoms in total. The van der Waals surface area contributed by atoms with Gasteiger partial charge in [-0.2, -0.15) is 0 Å². The van der Waals surface area contributed by atoms with Gasteiger partial charge in [0.05, 0.1) is 19.7 Å². The zero-order valence-electron chi connectivity index (χ0n) is 18.0. The van der Waals surface area contributed by atoms with Crippen LogP contribution in [0.5, 0.6) is 11.5 Å². The number of rotatable bonds is 5. The molecule has 5 rings (SSSR count). The lowest BCUT2D eigenvalue weighted by molar-refractivity contribution is 0.0468. The van der Waals surface area contributed by atoms with Gasteiger partial charge in [0.2, 0.25) is 5.95 Å². The standard InChI is InChI=1S/C24H28N4O2/c1-14-20(29-3)8-21(30-4)15(2)22(14)16-5-6-19-17(7-16)11-26-23(28-19)27-18-9-24(10-18)12-25-13-24/h5-8,11,18,25H,9-10,12-13H2,1-4H3,(H,26,27,28). The molecule has 2 aliphatic rings. The van der Waals surface area contributed by atoms with E-state index in [0.29, 0.717) is 11.5 Å². The SMILES string of the molecule is COc1cc(OC)c(C)c(-c2ccc3nc(NC4CC5(CNC5)C4)ncc3c2)c1C. The number of benzene rings is 2. The van der Waals surface area contributed by atoms with E-state index in [0.717, 1.165) is 63.7 Å². The van der Waals surface area contributed by atoms with Crippen LogP contribution in [0.2, 0.25) is 0 Å². The molecule has 1 aromatic heterocycles. The van der Waals surface area contributed by atoms with Gasteiger partial charge in [0.25, 0.3) is 0 Å². The summed E-state index contributed by atoms with van der Waals surface area (Å²) in [4.78, 5) is 9.33. The van der Waals surface area contributed by atoms with E-state index in [4.69, 9.17) is 14.5 Å². The fourth-order valence-corrected chi connectivity index (χ4v) is 5.02. The van der Waals surface area contributed by atoms with E-state index in [2.05, 4.69) is 47.7 Å². The highest BCUT2D eigenvalue weighted by molar-refractivity contribution is 5.87. The lowest BCUT2D eigenvalue weighted by atomic mass is 9.62. The molecule has 2 aromatic carbocycles. The minimum Gasteiger partial charge on any atom is -0.496 e. The van der Waals surface area contributed by atoms with Crippen molar-refractivity contribution in [3.8, 4) is 22.6 Å². The summed E-state index contributed by atoms with van der Waals surface area (Å²) < 4.78 is 11.1. The monoisotopic (exact) mass is 404 g/mol. The molecule has 2 heterocycles. The molecule has 0 radical (unpaired) electrons. The van der Waals surface area contributed by atoms with E-state index < -0.39 is 0 Å². The van der Waals surface area contributed by atoms with Crippen LogP contribution in [0.1, 0.15) is 24.0 Å². The number of nitrogens with one attached hydrogen (secondary N) is 2. The molecule has 1 aliphatic heterocycles. The second-order valence-electron chi connectivity index (χ2n) is 8.73. The molecule has 1 aliphatic carbocycles. The molecule has 6 heteroatoms. The first-order chi connectivity index (χ1) is 14.5. The van der Waals surface area contributed by atoms with Gasteiger partial charge in [-0.15, -0.1) is 0 Å². The summed E-state index contributed by atoms with van der Waals surface area (Å²) in [6, 6.07) is 8.76. The second-order valence-corrected chi connectivity index (χ2v) is 8.73. The highest BCUT2D eigenvalue weighted by Crippen LogP contribution is 2.45. The summed E-state index contributed by atoms with van der Waals surface area (Å²) in [5.74, 6) is 2.37. The molecule has 0 unspecified atom stereocenters. The summed E-state index contributed by atoms with van der Waals surface area (Å²) in [6.45, 7) is 6.47. The Balaban J connectivity index is 1.44. The minimum absolute atomic E-state index is 0.485. The largest absolute Gasteiger partial charge is 0.496 e. The molecule has 3 aromatic rings. The van der Waals surface area contributed by atoms with Crippen molar-refractivity contribution >= 4 is 16.9 Å². The van der Waals surface area contributed by atoms with Crippen LogP contribution in [-0.2, 0) is 0 Å². The van der Waals surface area contributed by atoms with Crippen LogP contribution in [-0.4, -0.2) is 43.3 Å². The summed E-state index contributed by atoms with van der Waals surface area (Å²) in [5, 5.41) is 7.90. The van der Waals surface area contributed by atoms with Crippen molar-refractivity contribution in [2.45, 2.75) is 32.7 Å². The maximum absolute atomic E-state index is 5.57. The number of ether oxygens (including phenoxy) is 2. The Morgan fingerprint density at radius 2 is 1.73 bits per heavy atom. The summed E-state index contributed by atoms with van der Waals surface area (Å²) in [7, 11) is 3.38. The van der Waals surface area contributed by atoms with Crippen LogP contribution < -0.4 is 20.1 Å². The van der Waals surface area contributed by atoms with Gasteiger partial charge < -0.3 is 20.1 Å². The number of fused-ring (bicyclic) bond motifs is 1. The number of nitrogens with zero attached hydrogens (tertiary/aromatic N) is 2. The van der Waals surface area contributed by atoms with E-state index in [1.165, 1.54) is 12.8 Å². The molecule has 30 heavy (non-hydrogen) atoms. The van der Waals surface area contributed by atoms with E-state index >= 15 is 0 Å². The predicted molar refractivity (Wildman–Crippen MR) is 119 cm³/mol. The zero-order valence-corrected chi connectivity index (χ0v) is 18.0. The average molecular weight is 405 g/mol. The first kappa shape index (κ1) is 19.1.